The van der Waals surface area contributed by atoms with E-state index in [9.17, 15) is 0 Å². The second-order valence-electron chi connectivity index (χ2n) is 4.42. The Labute approximate surface area is 85.3 Å². The number of aromatic amines is 1. The summed E-state index contributed by atoms with van der Waals surface area (Å²) in [5, 5.41) is 10.3. The van der Waals surface area contributed by atoms with Crippen LogP contribution in [0.5, 0.6) is 0 Å². The molecular formula is C11H19N3. The average molecular weight is 193 g/mol. The normalized spacial score (nSPS) is 19.2. The molecule has 0 saturated heterocycles. The van der Waals surface area contributed by atoms with Crippen LogP contribution in [-0.2, 0) is 6.54 Å². The Balaban J connectivity index is 1.64. The van der Waals surface area contributed by atoms with Crippen molar-refractivity contribution in [3.63, 3.8) is 0 Å². The Morgan fingerprint density at radius 2 is 2.50 bits per heavy atom. The van der Waals surface area contributed by atoms with Crippen LogP contribution in [0.2, 0.25) is 0 Å². The Morgan fingerprint density at radius 3 is 3.07 bits per heavy atom. The SMILES string of the molecule is CC(CC1CCC1)NCc1cn[nH]c1. The lowest BCUT2D eigenvalue weighted by molar-refractivity contribution is 0.265. The van der Waals surface area contributed by atoms with Gasteiger partial charge in [-0.2, -0.15) is 5.10 Å². The molecule has 2 rings (SSSR count). The van der Waals surface area contributed by atoms with E-state index in [1.807, 2.05) is 12.4 Å². The Bertz CT molecular complexity index is 252. The molecule has 0 spiro atoms. The van der Waals surface area contributed by atoms with Crippen molar-refractivity contribution in [1.29, 1.82) is 0 Å². The molecule has 1 fully saturated rings. The van der Waals surface area contributed by atoms with Gasteiger partial charge in [-0.25, -0.2) is 0 Å². The van der Waals surface area contributed by atoms with Crippen molar-refractivity contribution in [2.75, 3.05) is 0 Å². The number of hydrogen-bond acceptors (Lipinski definition) is 2. The van der Waals surface area contributed by atoms with Gasteiger partial charge in [-0.05, 0) is 19.3 Å². The molecule has 0 aromatic carbocycles. The number of hydrogen-bond donors (Lipinski definition) is 2. The highest BCUT2D eigenvalue weighted by atomic mass is 15.1. The molecule has 0 radical (unpaired) electrons. The minimum Gasteiger partial charge on any atom is -0.310 e. The molecule has 1 aliphatic rings. The molecule has 0 amide bonds. The maximum absolute atomic E-state index is 3.92. The number of nitrogens with one attached hydrogen (secondary N) is 2. The van der Waals surface area contributed by atoms with Crippen LogP contribution < -0.4 is 5.32 Å². The van der Waals surface area contributed by atoms with E-state index < -0.39 is 0 Å². The summed E-state index contributed by atoms with van der Waals surface area (Å²) in [5.74, 6) is 0.988. The first kappa shape index (κ1) is 9.71. The maximum Gasteiger partial charge on any atom is 0.0532 e. The smallest absolute Gasteiger partial charge is 0.0532 e. The van der Waals surface area contributed by atoms with Crippen LogP contribution in [0.4, 0.5) is 0 Å². The highest BCUT2D eigenvalue weighted by Crippen LogP contribution is 2.30. The zero-order valence-electron chi connectivity index (χ0n) is 8.79. The number of aromatic nitrogens is 2. The topological polar surface area (TPSA) is 40.7 Å². The second-order valence-corrected chi connectivity index (χ2v) is 4.42. The summed E-state index contributed by atoms with van der Waals surface area (Å²) in [6.07, 6.45) is 9.48. The largest absolute Gasteiger partial charge is 0.310 e. The lowest BCUT2D eigenvalue weighted by atomic mass is 9.81. The van der Waals surface area contributed by atoms with Gasteiger partial charge in [-0.3, -0.25) is 5.10 Å². The van der Waals surface area contributed by atoms with Crippen LogP contribution in [-0.4, -0.2) is 16.2 Å². The molecule has 1 saturated carbocycles. The molecule has 78 valence electrons. The summed E-state index contributed by atoms with van der Waals surface area (Å²) in [4.78, 5) is 0. The summed E-state index contributed by atoms with van der Waals surface area (Å²) in [6, 6.07) is 0.634. The third kappa shape index (κ3) is 2.58. The van der Waals surface area contributed by atoms with E-state index in [1.165, 1.54) is 31.2 Å². The summed E-state index contributed by atoms with van der Waals surface area (Å²) in [5.41, 5.74) is 1.24. The quantitative estimate of drug-likeness (QED) is 0.751. The van der Waals surface area contributed by atoms with Crippen molar-refractivity contribution in [3.05, 3.63) is 18.0 Å². The average Bonchev–Trinajstić information content (AvgIpc) is 2.60. The van der Waals surface area contributed by atoms with Crippen molar-refractivity contribution < 1.29 is 0 Å². The second kappa shape index (κ2) is 4.60. The molecule has 1 atom stereocenters. The molecule has 3 heteroatoms. The lowest BCUT2D eigenvalue weighted by Gasteiger charge is -2.28. The van der Waals surface area contributed by atoms with Crippen LogP contribution in [0.1, 0.15) is 38.2 Å². The molecular weight excluding hydrogens is 174 g/mol. The summed E-state index contributed by atoms with van der Waals surface area (Å²) >= 11 is 0. The van der Waals surface area contributed by atoms with Gasteiger partial charge in [0, 0.05) is 24.3 Å². The van der Waals surface area contributed by atoms with Crippen molar-refractivity contribution in [3.8, 4) is 0 Å². The Kier molecular flexibility index (Phi) is 3.19. The van der Waals surface area contributed by atoms with Crippen LogP contribution >= 0.6 is 0 Å². The van der Waals surface area contributed by atoms with Crippen LogP contribution in [0.3, 0.4) is 0 Å². The zero-order chi connectivity index (χ0) is 9.80. The van der Waals surface area contributed by atoms with Gasteiger partial charge in [0.25, 0.3) is 0 Å². The first-order valence-electron chi connectivity index (χ1n) is 5.55. The number of nitrogens with zero attached hydrogens (tertiary/aromatic N) is 1. The van der Waals surface area contributed by atoms with Crippen molar-refractivity contribution in [2.45, 2.75) is 45.2 Å². The van der Waals surface area contributed by atoms with Gasteiger partial charge in [0.2, 0.25) is 0 Å². The highest BCUT2D eigenvalue weighted by molar-refractivity contribution is 5.01. The minimum atomic E-state index is 0.634. The standard InChI is InChI=1S/C11H19N3/c1-9(5-10-3-2-4-10)12-6-11-7-13-14-8-11/h7-10,12H,2-6H2,1H3,(H,13,14). The van der Waals surface area contributed by atoms with E-state index in [4.69, 9.17) is 0 Å². The fourth-order valence-electron chi connectivity index (χ4n) is 1.98. The van der Waals surface area contributed by atoms with Gasteiger partial charge in [0.05, 0.1) is 6.20 Å². The fraction of sp³-hybridized carbons (Fsp3) is 0.727. The Hall–Kier alpha value is -0.830. The predicted molar refractivity (Wildman–Crippen MR) is 56.8 cm³/mol. The molecule has 0 bridgehead atoms. The molecule has 3 nitrogen and oxygen atoms in total. The Morgan fingerprint density at radius 1 is 1.64 bits per heavy atom. The molecule has 14 heavy (non-hydrogen) atoms. The number of rotatable bonds is 5. The lowest BCUT2D eigenvalue weighted by Crippen LogP contribution is -2.29. The zero-order valence-corrected chi connectivity index (χ0v) is 8.79. The molecule has 0 aliphatic heterocycles. The van der Waals surface area contributed by atoms with Crippen LogP contribution in [0.25, 0.3) is 0 Å². The van der Waals surface area contributed by atoms with Gasteiger partial charge in [0.15, 0.2) is 0 Å². The van der Waals surface area contributed by atoms with E-state index >= 15 is 0 Å². The molecule has 1 aliphatic carbocycles. The fourth-order valence-corrected chi connectivity index (χ4v) is 1.98. The van der Waals surface area contributed by atoms with E-state index in [0.29, 0.717) is 6.04 Å². The summed E-state index contributed by atoms with van der Waals surface area (Å²) in [7, 11) is 0. The summed E-state index contributed by atoms with van der Waals surface area (Å²) in [6.45, 7) is 3.21. The van der Waals surface area contributed by atoms with E-state index in [2.05, 4.69) is 22.4 Å². The van der Waals surface area contributed by atoms with Gasteiger partial charge in [0.1, 0.15) is 0 Å². The molecule has 1 aromatic rings. The van der Waals surface area contributed by atoms with Gasteiger partial charge < -0.3 is 5.32 Å². The van der Waals surface area contributed by atoms with Gasteiger partial charge in [-0.1, -0.05) is 19.3 Å². The van der Waals surface area contributed by atoms with E-state index in [0.717, 1.165) is 12.5 Å². The van der Waals surface area contributed by atoms with Gasteiger partial charge in [-0.15, -0.1) is 0 Å². The van der Waals surface area contributed by atoms with Crippen molar-refractivity contribution >= 4 is 0 Å². The predicted octanol–water partition coefficient (Wildman–Crippen LogP) is 2.08. The van der Waals surface area contributed by atoms with Crippen molar-refractivity contribution in [2.24, 2.45) is 5.92 Å². The first-order chi connectivity index (χ1) is 6.84. The van der Waals surface area contributed by atoms with E-state index in [-0.39, 0.29) is 0 Å². The minimum absolute atomic E-state index is 0.634. The molecule has 2 N–H and O–H groups in total. The third-order valence-electron chi connectivity index (χ3n) is 3.12. The third-order valence-corrected chi connectivity index (χ3v) is 3.12. The molecule has 1 heterocycles. The molecule has 1 aromatic heterocycles. The van der Waals surface area contributed by atoms with Gasteiger partial charge >= 0.3 is 0 Å². The van der Waals surface area contributed by atoms with Crippen LogP contribution in [0, 0.1) is 5.92 Å². The first-order valence-corrected chi connectivity index (χ1v) is 5.55. The maximum atomic E-state index is 3.92. The van der Waals surface area contributed by atoms with E-state index in [1.54, 1.807) is 0 Å². The highest BCUT2D eigenvalue weighted by Gasteiger charge is 2.19. The number of H-pyrrole nitrogens is 1. The monoisotopic (exact) mass is 193 g/mol. The van der Waals surface area contributed by atoms with Crippen LogP contribution in [0.15, 0.2) is 12.4 Å². The molecule has 1 unspecified atom stereocenters. The van der Waals surface area contributed by atoms with Crippen molar-refractivity contribution in [1.82, 2.24) is 15.5 Å². The summed E-state index contributed by atoms with van der Waals surface area (Å²) < 4.78 is 0.